The number of ketones is 1. The van der Waals surface area contributed by atoms with Crippen molar-refractivity contribution in [2.45, 2.75) is 37.5 Å². The van der Waals surface area contributed by atoms with Crippen LogP contribution in [-0.2, 0) is 4.79 Å². The van der Waals surface area contributed by atoms with Crippen molar-refractivity contribution in [2.75, 3.05) is 6.54 Å². The molecule has 0 spiro atoms. The Labute approximate surface area is 223 Å². The maximum atomic E-state index is 13.7. The fourth-order valence-corrected chi connectivity index (χ4v) is 3.61. The summed E-state index contributed by atoms with van der Waals surface area (Å²) in [4.78, 5) is 23.9. The van der Waals surface area contributed by atoms with E-state index in [1.165, 1.54) is 5.32 Å². The van der Waals surface area contributed by atoms with E-state index in [0.717, 1.165) is 18.2 Å². The first-order valence-corrected chi connectivity index (χ1v) is 11.2. The largest absolute Gasteiger partial charge is 0.573 e. The highest BCUT2D eigenvalue weighted by molar-refractivity contribution is 6.35. The van der Waals surface area contributed by atoms with E-state index in [1.807, 2.05) is 0 Å². The van der Waals surface area contributed by atoms with Crippen LogP contribution in [0.3, 0.4) is 0 Å². The van der Waals surface area contributed by atoms with Gasteiger partial charge in [-0.25, -0.2) is 4.39 Å². The van der Waals surface area contributed by atoms with Crippen LogP contribution in [0.4, 0.5) is 43.9 Å². The van der Waals surface area contributed by atoms with Crippen molar-refractivity contribution in [3.8, 4) is 5.75 Å². The van der Waals surface area contributed by atoms with Crippen molar-refractivity contribution < 1.29 is 58.2 Å². The first kappa shape index (κ1) is 32.2. The fourth-order valence-electron chi connectivity index (χ4n) is 3.10. The molecular weight excluding hydrogens is 599 g/mol. The van der Waals surface area contributed by atoms with Crippen molar-refractivity contribution in [1.29, 1.82) is 0 Å². The zero-order valence-electron chi connectivity index (χ0n) is 19.0. The van der Waals surface area contributed by atoms with E-state index < -0.39 is 88.4 Å². The number of rotatable bonds is 9. The van der Waals surface area contributed by atoms with Crippen LogP contribution in [0, 0.1) is 5.82 Å². The third-order valence-electron chi connectivity index (χ3n) is 4.80. The van der Waals surface area contributed by atoms with Gasteiger partial charge in [0.25, 0.3) is 0 Å². The Morgan fingerprint density at radius 3 is 2.03 bits per heavy atom. The molecule has 2 aromatic rings. The molecule has 0 aliphatic carbocycles. The Kier molecular flexibility index (Phi) is 10.3. The molecule has 1 atom stereocenters. The topological polar surface area (TPSA) is 55.4 Å². The van der Waals surface area contributed by atoms with Crippen LogP contribution in [0.25, 0.3) is 6.08 Å². The van der Waals surface area contributed by atoms with Gasteiger partial charge in [0.1, 0.15) is 12.3 Å². The fraction of sp³-hybridized carbons (Fsp3) is 0.304. The molecule has 1 amide bonds. The Morgan fingerprint density at radius 2 is 1.51 bits per heavy atom. The maximum Gasteiger partial charge on any atom is 0.573 e. The summed E-state index contributed by atoms with van der Waals surface area (Å²) in [6, 6.07) is 3.70. The quantitative estimate of drug-likeness (QED) is 0.177. The summed E-state index contributed by atoms with van der Waals surface area (Å²) in [6.45, 7) is -1.68. The molecule has 0 saturated carbocycles. The molecule has 2 rings (SSSR count). The van der Waals surface area contributed by atoms with E-state index in [4.69, 9.17) is 23.2 Å². The average molecular weight is 614 g/mol. The zero-order valence-corrected chi connectivity index (χ0v) is 20.5. The van der Waals surface area contributed by atoms with Crippen LogP contribution in [-0.4, -0.2) is 37.0 Å². The molecule has 0 aromatic heterocycles. The summed E-state index contributed by atoms with van der Waals surface area (Å²) in [5.74, 6) is -7.01. The average Bonchev–Trinajstić information content (AvgIpc) is 2.77. The minimum absolute atomic E-state index is 0.290. The van der Waals surface area contributed by atoms with Gasteiger partial charge >= 0.3 is 18.7 Å². The van der Waals surface area contributed by atoms with Crippen LogP contribution in [0.2, 0.25) is 10.0 Å². The summed E-state index contributed by atoms with van der Waals surface area (Å²) in [5, 5.41) is 0.0922. The molecule has 0 fully saturated rings. The third-order valence-corrected chi connectivity index (χ3v) is 5.35. The third kappa shape index (κ3) is 10.2. The van der Waals surface area contributed by atoms with Crippen molar-refractivity contribution in [3.05, 3.63) is 69.0 Å². The van der Waals surface area contributed by atoms with Crippen molar-refractivity contribution in [2.24, 2.45) is 0 Å². The molecule has 0 bridgehead atoms. The number of carbonyl (C=O) groups is 2. The number of halogens is 12. The molecule has 2 aromatic carbocycles. The highest BCUT2D eigenvalue weighted by Gasteiger charge is 2.39. The lowest BCUT2D eigenvalue weighted by Crippen LogP contribution is -2.33. The molecular formula is C23H15Cl2F10NO3. The van der Waals surface area contributed by atoms with Crippen molar-refractivity contribution in [3.63, 3.8) is 0 Å². The summed E-state index contributed by atoms with van der Waals surface area (Å²) < 4.78 is 134. The zero-order chi connectivity index (χ0) is 29.8. The number of hydrogen-bond donors (Lipinski definition) is 1. The maximum absolute atomic E-state index is 13.7. The number of allylic oxidation sites excluding steroid dienone is 1. The number of benzene rings is 2. The van der Waals surface area contributed by atoms with Gasteiger partial charge in [-0.15, -0.1) is 13.2 Å². The highest BCUT2D eigenvalue weighted by Crippen LogP contribution is 2.39. The second kappa shape index (κ2) is 12.5. The molecule has 39 heavy (non-hydrogen) atoms. The van der Waals surface area contributed by atoms with Crippen LogP contribution in [0.1, 0.15) is 40.2 Å². The van der Waals surface area contributed by atoms with Crippen LogP contribution in [0.15, 0.2) is 36.4 Å². The lowest BCUT2D eigenvalue weighted by atomic mass is 9.96. The van der Waals surface area contributed by atoms with Gasteiger partial charge in [0, 0.05) is 12.8 Å². The van der Waals surface area contributed by atoms with E-state index in [-0.39, 0.29) is 5.56 Å². The molecule has 0 aliphatic rings. The van der Waals surface area contributed by atoms with E-state index in [2.05, 4.69) is 4.74 Å². The number of amides is 1. The van der Waals surface area contributed by atoms with Crippen molar-refractivity contribution >= 4 is 41.0 Å². The van der Waals surface area contributed by atoms with E-state index >= 15 is 0 Å². The first-order chi connectivity index (χ1) is 17.8. The van der Waals surface area contributed by atoms with Gasteiger partial charge in [0.2, 0.25) is 5.91 Å². The molecule has 4 nitrogen and oxygen atoms in total. The van der Waals surface area contributed by atoms with Crippen LogP contribution >= 0.6 is 23.2 Å². The molecule has 1 N–H and O–H groups in total. The predicted octanol–water partition coefficient (Wildman–Crippen LogP) is 8.03. The monoisotopic (exact) mass is 613 g/mol. The lowest BCUT2D eigenvalue weighted by Gasteiger charge is -2.18. The molecule has 0 radical (unpaired) electrons. The number of ether oxygens (including phenoxy) is 1. The Bertz CT molecular complexity index is 1220. The molecule has 0 saturated heterocycles. The Balaban J connectivity index is 2.34. The van der Waals surface area contributed by atoms with Crippen LogP contribution in [0.5, 0.6) is 5.75 Å². The second-order valence-corrected chi connectivity index (χ2v) is 8.61. The molecule has 0 aliphatic heterocycles. The predicted molar refractivity (Wildman–Crippen MR) is 120 cm³/mol. The van der Waals surface area contributed by atoms with E-state index in [0.29, 0.717) is 24.3 Å². The van der Waals surface area contributed by atoms with E-state index in [9.17, 15) is 53.5 Å². The molecule has 16 heteroatoms. The minimum atomic E-state index is -5.34. The summed E-state index contributed by atoms with van der Waals surface area (Å²) in [6.07, 6.45) is -15.3. The standard InChI is InChI=1S/C23H15Cl2F10NO3/c24-15-8-12(9-16(25)20(15)26)14(22(30,31)32)4-2-11-1-3-13(18(7-11)39-23(33,34)35)17(37)5-6-19(38)36-10-21(27,28)29/h1-4,7-9,14H,5-6,10H2,(H,36,38)/b4-2+. The SMILES string of the molecule is O=C(CCC(=O)c1ccc(/C=C/C(c2cc(Cl)c(F)c(Cl)c2)C(F)(F)F)cc1OC(F)(F)F)NCC(F)(F)F. The van der Waals surface area contributed by atoms with Gasteiger partial charge in [0.05, 0.1) is 21.5 Å². The van der Waals surface area contributed by atoms with Gasteiger partial charge in [-0.05, 0) is 35.4 Å². The van der Waals surface area contributed by atoms with Gasteiger partial charge < -0.3 is 10.1 Å². The first-order valence-electron chi connectivity index (χ1n) is 10.4. The molecule has 1 unspecified atom stereocenters. The van der Waals surface area contributed by atoms with E-state index in [1.54, 1.807) is 0 Å². The van der Waals surface area contributed by atoms with Gasteiger partial charge in [-0.1, -0.05) is 41.4 Å². The number of Topliss-reactive ketones (excluding diaryl/α,β-unsaturated/α-hetero) is 1. The summed E-state index contributed by atoms with van der Waals surface area (Å²) in [5.41, 5.74) is -1.59. The summed E-state index contributed by atoms with van der Waals surface area (Å²) >= 11 is 11.1. The number of nitrogens with one attached hydrogen (secondary N) is 1. The minimum Gasteiger partial charge on any atom is -0.405 e. The normalized spacial score (nSPS) is 13.4. The van der Waals surface area contributed by atoms with Gasteiger partial charge in [0.15, 0.2) is 11.6 Å². The van der Waals surface area contributed by atoms with Gasteiger partial charge in [-0.2, -0.15) is 26.3 Å². The lowest BCUT2D eigenvalue weighted by molar-refractivity contribution is -0.274. The Morgan fingerprint density at radius 1 is 0.923 bits per heavy atom. The number of hydrogen-bond acceptors (Lipinski definition) is 3. The smallest absolute Gasteiger partial charge is 0.405 e. The number of carbonyl (C=O) groups excluding carboxylic acids is 2. The second-order valence-electron chi connectivity index (χ2n) is 7.80. The molecule has 0 heterocycles. The Hall–Kier alpha value is -3.00. The summed E-state index contributed by atoms with van der Waals surface area (Å²) in [7, 11) is 0. The highest BCUT2D eigenvalue weighted by atomic mass is 35.5. The van der Waals surface area contributed by atoms with Crippen molar-refractivity contribution in [1.82, 2.24) is 5.32 Å². The molecule has 214 valence electrons. The van der Waals surface area contributed by atoms with Crippen LogP contribution < -0.4 is 10.1 Å². The number of alkyl halides is 9. The van der Waals surface area contributed by atoms with Gasteiger partial charge in [-0.3, -0.25) is 9.59 Å².